The highest BCUT2D eigenvalue weighted by Crippen LogP contribution is 2.38. The Morgan fingerprint density at radius 2 is 1.72 bits per heavy atom. The van der Waals surface area contributed by atoms with Crippen molar-refractivity contribution in [2.75, 3.05) is 19.5 Å². The number of sulfonamides is 1. The third kappa shape index (κ3) is 4.33. The molecule has 1 amide bonds. The Kier molecular flexibility index (Phi) is 6.69. The number of methoxy groups -OCH3 is 1. The number of carbonyl (C=O) groups excluding carboxylic acids is 2. The van der Waals surface area contributed by atoms with E-state index in [-0.39, 0.29) is 16.8 Å². The molecule has 0 radical (unpaired) electrons. The van der Waals surface area contributed by atoms with Crippen LogP contribution in [0.25, 0.3) is 0 Å². The fraction of sp³-hybridized carbons (Fsp3) is 0.478. The maximum absolute atomic E-state index is 12.9. The molecule has 32 heavy (non-hydrogen) atoms. The highest BCUT2D eigenvalue weighted by Gasteiger charge is 2.30. The molecule has 2 aromatic rings. The van der Waals surface area contributed by atoms with Crippen molar-refractivity contribution in [1.29, 1.82) is 0 Å². The zero-order valence-corrected chi connectivity index (χ0v) is 20.0. The van der Waals surface area contributed by atoms with Gasteiger partial charge in [-0.2, -0.15) is 4.31 Å². The monoisotopic (exact) mass is 476 g/mol. The smallest absolute Gasteiger partial charge is 0.341 e. The Labute approximate surface area is 192 Å². The van der Waals surface area contributed by atoms with Gasteiger partial charge in [-0.15, -0.1) is 11.3 Å². The van der Waals surface area contributed by atoms with Crippen LogP contribution < -0.4 is 5.32 Å². The standard InChI is InChI=1S/C23H28N2O5S2/c1-25(16-7-3-4-8-16)32(28,29)17-13-11-15(12-14-17)21(26)24-22-20(23(27)30-2)18-9-5-6-10-19(18)31-22/h11-14,16H,3-10H2,1-2H3,(H,24,26). The number of aryl methyl sites for hydroxylation is 1. The number of thiophene rings is 1. The normalized spacial score (nSPS) is 16.7. The fourth-order valence-corrected chi connectivity index (χ4v) is 7.24. The van der Waals surface area contributed by atoms with Crippen molar-refractivity contribution in [3.8, 4) is 0 Å². The molecule has 1 aromatic carbocycles. The number of rotatable bonds is 6. The molecule has 0 atom stereocenters. The molecule has 0 saturated heterocycles. The van der Waals surface area contributed by atoms with Crippen LogP contribution in [-0.2, 0) is 27.6 Å². The number of esters is 1. The molecular formula is C23H28N2O5S2. The van der Waals surface area contributed by atoms with Crippen LogP contribution in [0.2, 0.25) is 0 Å². The number of ether oxygens (including phenoxy) is 1. The van der Waals surface area contributed by atoms with Crippen molar-refractivity contribution < 1.29 is 22.7 Å². The molecule has 7 nitrogen and oxygen atoms in total. The second-order valence-corrected chi connectivity index (χ2v) is 11.4. The molecule has 1 heterocycles. The molecule has 1 N–H and O–H groups in total. The summed E-state index contributed by atoms with van der Waals surface area (Å²) in [6.45, 7) is 0. The summed E-state index contributed by atoms with van der Waals surface area (Å²) in [5, 5.41) is 3.34. The Balaban J connectivity index is 1.54. The first-order valence-corrected chi connectivity index (χ1v) is 13.2. The number of benzene rings is 1. The minimum absolute atomic E-state index is 0.0320. The molecule has 2 aliphatic carbocycles. The lowest BCUT2D eigenvalue weighted by Gasteiger charge is -2.23. The molecule has 172 valence electrons. The minimum Gasteiger partial charge on any atom is -0.465 e. The quantitative estimate of drug-likeness (QED) is 0.630. The largest absolute Gasteiger partial charge is 0.465 e. The number of nitrogens with one attached hydrogen (secondary N) is 1. The third-order valence-electron chi connectivity index (χ3n) is 6.42. The second-order valence-electron chi connectivity index (χ2n) is 8.34. The van der Waals surface area contributed by atoms with Gasteiger partial charge in [0.1, 0.15) is 5.00 Å². The van der Waals surface area contributed by atoms with Gasteiger partial charge in [0, 0.05) is 23.5 Å². The summed E-state index contributed by atoms with van der Waals surface area (Å²) in [6.07, 6.45) is 7.60. The van der Waals surface area contributed by atoms with Gasteiger partial charge in [0.15, 0.2) is 0 Å². The third-order valence-corrected chi connectivity index (χ3v) is 9.55. The zero-order chi connectivity index (χ0) is 22.9. The minimum atomic E-state index is -3.60. The number of nitrogens with zero attached hydrogens (tertiary/aromatic N) is 1. The molecular weight excluding hydrogens is 448 g/mol. The first-order valence-electron chi connectivity index (χ1n) is 10.9. The summed E-state index contributed by atoms with van der Waals surface area (Å²) in [6, 6.07) is 5.99. The average molecular weight is 477 g/mol. The lowest BCUT2D eigenvalue weighted by molar-refractivity contribution is 0.0601. The van der Waals surface area contributed by atoms with Crippen LogP contribution in [-0.4, -0.2) is 44.8 Å². The molecule has 0 spiro atoms. The maximum atomic E-state index is 12.9. The summed E-state index contributed by atoms with van der Waals surface area (Å²) in [5.74, 6) is -0.835. The number of amides is 1. The van der Waals surface area contributed by atoms with E-state index in [4.69, 9.17) is 4.74 Å². The fourth-order valence-electron chi connectivity index (χ4n) is 4.56. The van der Waals surface area contributed by atoms with E-state index in [2.05, 4.69) is 5.32 Å². The van der Waals surface area contributed by atoms with Crippen molar-refractivity contribution in [3.63, 3.8) is 0 Å². The van der Waals surface area contributed by atoms with Crippen LogP contribution in [0.1, 0.15) is 69.7 Å². The Morgan fingerprint density at radius 1 is 1.06 bits per heavy atom. The van der Waals surface area contributed by atoms with E-state index in [1.54, 1.807) is 7.05 Å². The summed E-state index contributed by atoms with van der Waals surface area (Å²) in [7, 11) is -0.645. The van der Waals surface area contributed by atoms with Crippen molar-refractivity contribution in [1.82, 2.24) is 4.31 Å². The van der Waals surface area contributed by atoms with Gasteiger partial charge in [-0.1, -0.05) is 12.8 Å². The topological polar surface area (TPSA) is 92.8 Å². The van der Waals surface area contributed by atoms with Gasteiger partial charge >= 0.3 is 5.97 Å². The highest BCUT2D eigenvalue weighted by atomic mass is 32.2. The van der Waals surface area contributed by atoms with Gasteiger partial charge in [0.25, 0.3) is 5.91 Å². The van der Waals surface area contributed by atoms with Gasteiger partial charge in [-0.3, -0.25) is 4.79 Å². The van der Waals surface area contributed by atoms with E-state index in [0.29, 0.717) is 16.1 Å². The van der Waals surface area contributed by atoms with Crippen LogP contribution in [0.5, 0.6) is 0 Å². The van der Waals surface area contributed by atoms with Crippen molar-refractivity contribution >= 4 is 38.2 Å². The van der Waals surface area contributed by atoms with Gasteiger partial charge < -0.3 is 10.1 Å². The molecule has 4 rings (SSSR count). The molecule has 0 aliphatic heterocycles. The van der Waals surface area contributed by atoms with E-state index in [9.17, 15) is 18.0 Å². The number of hydrogen-bond donors (Lipinski definition) is 1. The van der Waals surface area contributed by atoms with Crippen LogP contribution in [0, 0.1) is 0 Å². The summed E-state index contributed by atoms with van der Waals surface area (Å²) >= 11 is 1.42. The second kappa shape index (κ2) is 9.33. The van der Waals surface area contributed by atoms with Crippen molar-refractivity contribution in [2.45, 2.75) is 62.3 Å². The first kappa shape index (κ1) is 22.9. The van der Waals surface area contributed by atoms with E-state index >= 15 is 0 Å². The lowest BCUT2D eigenvalue weighted by atomic mass is 9.95. The summed E-state index contributed by atoms with van der Waals surface area (Å²) in [5.41, 5.74) is 1.74. The predicted molar refractivity (Wildman–Crippen MR) is 124 cm³/mol. The van der Waals surface area contributed by atoms with Crippen LogP contribution in [0.15, 0.2) is 29.2 Å². The van der Waals surface area contributed by atoms with E-state index in [1.807, 2.05) is 0 Å². The van der Waals surface area contributed by atoms with Crippen molar-refractivity contribution in [3.05, 3.63) is 45.8 Å². The van der Waals surface area contributed by atoms with Crippen LogP contribution in [0.3, 0.4) is 0 Å². The molecule has 1 saturated carbocycles. The van der Waals surface area contributed by atoms with Crippen LogP contribution >= 0.6 is 11.3 Å². The number of anilines is 1. The van der Waals surface area contributed by atoms with Gasteiger partial charge in [-0.05, 0) is 68.4 Å². The maximum Gasteiger partial charge on any atom is 0.341 e. The van der Waals surface area contributed by atoms with E-state index < -0.39 is 16.0 Å². The molecule has 1 aromatic heterocycles. The molecule has 1 fully saturated rings. The Morgan fingerprint density at radius 3 is 2.38 bits per heavy atom. The predicted octanol–water partition coefficient (Wildman–Crippen LogP) is 4.23. The molecule has 0 unspecified atom stereocenters. The lowest BCUT2D eigenvalue weighted by Crippen LogP contribution is -2.35. The highest BCUT2D eigenvalue weighted by molar-refractivity contribution is 7.89. The number of carbonyl (C=O) groups is 2. The number of fused-ring (bicyclic) bond motifs is 1. The summed E-state index contributed by atoms with van der Waals surface area (Å²) in [4.78, 5) is 26.5. The average Bonchev–Trinajstić information content (AvgIpc) is 3.46. The zero-order valence-electron chi connectivity index (χ0n) is 18.3. The van der Waals surface area contributed by atoms with Gasteiger partial charge in [0.05, 0.1) is 17.6 Å². The molecule has 2 aliphatic rings. The van der Waals surface area contributed by atoms with Crippen LogP contribution in [0.4, 0.5) is 5.00 Å². The van der Waals surface area contributed by atoms with Gasteiger partial charge in [-0.25, -0.2) is 13.2 Å². The Bertz CT molecular complexity index is 1120. The Hall–Kier alpha value is -2.23. The molecule has 9 heteroatoms. The van der Waals surface area contributed by atoms with E-state index in [0.717, 1.165) is 61.8 Å². The first-order chi connectivity index (χ1) is 15.3. The summed E-state index contributed by atoms with van der Waals surface area (Å²) < 4.78 is 32.3. The van der Waals surface area contributed by atoms with E-state index in [1.165, 1.54) is 47.0 Å². The number of hydrogen-bond acceptors (Lipinski definition) is 6. The molecule has 0 bridgehead atoms. The van der Waals surface area contributed by atoms with Gasteiger partial charge in [0.2, 0.25) is 10.0 Å². The van der Waals surface area contributed by atoms with Crippen molar-refractivity contribution in [2.24, 2.45) is 0 Å². The SMILES string of the molecule is COC(=O)c1c(NC(=O)c2ccc(S(=O)(=O)N(C)C3CCCC3)cc2)sc2c1CCCC2.